The molecule has 3 heteroatoms. The first kappa shape index (κ1) is 15.9. The van der Waals surface area contributed by atoms with E-state index < -0.39 is 6.67 Å². The zero-order chi connectivity index (χ0) is 11.4. The van der Waals surface area contributed by atoms with Gasteiger partial charge in [-0.1, -0.05) is 40.0 Å². The second kappa shape index (κ2) is 12.4. The Kier molecular flexibility index (Phi) is 14.0. The number of rotatable bonds is 6. The molecule has 1 atom stereocenters. The molecule has 0 saturated heterocycles. The minimum atomic E-state index is -0.455. The van der Waals surface area contributed by atoms with Gasteiger partial charge in [0.15, 0.2) is 0 Å². The van der Waals surface area contributed by atoms with Gasteiger partial charge in [0.2, 0.25) is 5.91 Å². The summed E-state index contributed by atoms with van der Waals surface area (Å²) in [4.78, 5) is 10.6. The Bertz CT molecular complexity index is 128. The Hall–Kier alpha value is -0.600. The smallest absolute Gasteiger partial charge is 0.217 e. The van der Waals surface area contributed by atoms with Crippen LogP contribution in [0.15, 0.2) is 0 Å². The third kappa shape index (κ3) is 11.4. The summed E-state index contributed by atoms with van der Waals surface area (Å²) in [6.07, 6.45) is 3.98. The van der Waals surface area contributed by atoms with Crippen molar-refractivity contribution >= 4 is 5.91 Å². The maximum Gasteiger partial charge on any atom is 0.217 e. The predicted molar refractivity (Wildman–Crippen MR) is 59.1 cm³/mol. The van der Waals surface area contributed by atoms with Gasteiger partial charge >= 0.3 is 0 Å². The summed E-state index contributed by atoms with van der Waals surface area (Å²) in [6, 6.07) is -0.269. The highest BCUT2D eigenvalue weighted by molar-refractivity contribution is 5.73. The molecule has 0 aliphatic heterocycles. The number of nitrogens with one attached hydrogen (secondary N) is 1. The van der Waals surface area contributed by atoms with E-state index in [2.05, 4.69) is 12.2 Å². The third-order valence-electron chi connectivity index (χ3n) is 1.75. The van der Waals surface area contributed by atoms with E-state index in [0.717, 1.165) is 25.7 Å². The van der Waals surface area contributed by atoms with Crippen LogP contribution in [-0.2, 0) is 4.79 Å². The monoisotopic (exact) mass is 205 g/mol. The summed E-state index contributed by atoms with van der Waals surface area (Å²) >= 11 is 0. The lowest BCUT2D eigenvalue weighted by atomic mass is 10.1. The lowest BCUT2D eigenvalue weighted by Gasteiger charge is -2.13. The van der Waals surface area contributed by atoms with E-state index in [1.807, 2.05) is 13.8 Å². The van der Waals surface area contributed by atoms with Crippen molar-refractivity contribution in [2.45, 2.75) is 59.4 Å². The van der Waals surface area contributed by atoms with Gasteiger partial charge in [0.05, 0.1) is 6.04 Å². The molecule has 0 rings (SSSR count). The fourth-order valence-corrected chi connectivity index (χ4v) is 1.12. The molecule has 0 heterocycles. The molecule has 0 aromatic rings. The van der Waals surface area contributed by atoms with Gasteiger partial charge in [0.1, 0.15) is 6.67 Å². The van der Waals surface area contributed by atoms with Crippen LogP contribution < -0.4 is 5.32 Å². The maximum absolute atomic E-state index is 12.2. The topological polar surface area (TPSA) is 29.1 Å². The molecule has 0 saturated carbocycles. The van der Waals surface area contributed by atoms with Gasteiger partial charge in [-0.15, -0.1) is 0 Å². The number of halogens is 1. The van der Waals surface area contributed by atoms with Crippen LogP contribution in [0.1, 0.15) is 53.4 Å². The van der Waals surface area contributed by atoms with Crippen LogP contribution in [0.3, 0.4) is 0 Å². The highest BCUT2D eigenvalue weighted by Crippen LogP contribution is 2.03. The predicted octanol–water partition coefficient (Wildman–Crippen LogP) is 3.07. The highest BCUT2D eigenvalue weighted by Gasteiger charge is 2.07. The average molecular weight is 205 g/mol. The zero-order valence-corrected chi connectivity index (χ0v) is 9.90. The van der Waals surface area contributed by atoms with Crippen molar-refractivity contribution in [3.8, 4) is 0 Å². The number of hydrogen-bond donors (Lipinski definition) is 1. The molecule has 0 radical (unpaired) electrons. The SMILES string of the molecule is CC.CCCCCC(CF)NC(C)=O. The molecular formula is C11H24FNO. The lowest BCUT2D eigenvalue weighted by Crippen LogP contribution is -2.34. The molecule has 0 aromatic heterocycles. The fraction of sp³-hybridized carbons (Fsp3) is 0.909. The minimum absolute atomic E-state index is 0.144. The van der Waals surface area contributed by atoms with Crippen LogP contribution >= 0.6 is 0 Å². The van der Waals surface area contributed by atoms with Crippen molar-refractivity contribution in [1.29, 1.82) is 0 Å². The number of hydrogen-bond acceptors (Lipinski definition) is 1. The van der Waals surface area contributed by atoms with Crippen LogP contribution in [0.5, 0.6) is 0 Å². The molecule has 0 aromatic carbocycles. The van der Waals surface area contributed by atoms with E-state index in [9.17, 15) is 9.18 Å². The summed E-state index contributed by atoms with van der Waals surface area (Å²) in [5.74, 6) is -0.144. The molecule has 0 fully saturated rings. The van der Waals surface area contributed by atoms with Crippen molar-refractivity contribution in [2.24, 2.45) is 0 Å². The van der Waals surface area contributed by atoms with Gasteiger partial charge in [-0.25, -0.2) is 4.39 Å². The fourth-order valence-electron chi connectivity index (χ4n) is 1.12. The van der Waals surface area contributed by atoms with E-state index in [4.69, 9.17) is 0 Å². The average Bonchev–Trinajstić information content (AvgIpc) is 2.19. The molecule has 1 N–H and O–H groups in total. The van der Waals surface area contributed by atoms with Crippen molar-refractivity contribution < 1.29 is 9.18 Å². The van der Waals surface area contributed by atoms with E-state index in [1.165, 1.54) is 6.92 Å². The van der Waals surface area contributed by atoms with Gasteiger partial charge in [-0.3, -0.25) is 4.79 Å². The summed E-state index contributed by atoms with van der Waals surface area (Å²) in [7, 11) is 0. The Labute approximate surface area is 87.3 Å². The second-order valence-electron chi connectivity index (χ2n) is 3.05. The Morgan fingerprint density at radius 1 is 1.36 bits per heavy atom. The maximum atomic E-state index is 12.2. The van der Waals surface area contributed by atoms with Gasteiger partial charge in [0, 0.05) is 6.92 Å². The number of carbonyl (C=O) groups is 1. The van der Waals surface area contributed by atoms with Crippen LogP contribution in [0.4, 0.5) is 4.39 Å². The minimum Gasteiger partial charge on any atom is -0.351 e. The molecule has 2 nitrogen and oxygen atoms in total. The standard InChI is InChI=1S/C9H18FNO.C2H6/c1-3-4-5-6-9(7-10)11-8(2)12;1-2/h9H,3-7H2,1-2H3,(H,11,12);1-2H3. The molecule has 0 spiro atoms. The van der Waals surface area contributed by atoms with E-state index in [1.54, 1.807) is 0 Å². The number of alkyl halides is 1. The van der Waals surface area contributed by atoms with Crippen molar-refractivity contribution in [1.82, 2.24) is 5.32 Å². The van der Waals surface area contributed by atoms with Crippen molar-refractivity contribution in [2.75, 3.05) is 6.67 Å². The Morgan fingerprint density at radius 2 is 1.93 bits per heavy atom. The lowest BCUT2D eigenvalue weighted by molar-refractivity contribution is -0.119. The quantitative estimate of drug-likeness (QED) is 0.663. The molecule has 0 aliphatic rings. The first-order valence-electron chi connectivity index (χ1n) is 5.53. The number of unbranched alkanes of at least 4 members (excludes halogenated alkanes) is 2. The zero-order valence-electron chi connectivity index (χ0n) is 9.90. The van der Waals surface area contributed by atoms with Crippen LogP contribution in [0.25, 0.3) is 0 Å². The van der Waals surface area contributed by atoms with Crippen LogP contribution in [0, 0.1) is 0 Å². The number of carbonyl (C=O) groups excluding carboxylic acids is 1. The highest BCUT2D eigenvalue weighted by atomic mass is 19.1. The molecule has 0 aliphatic carbocycles. The molecule has 0 bridgehead atoms. The van der Waals surface area contributed by atoms with E-state index >= 15 is 0 Å². The van der Waals surface area contributed by atoms with Crippen LogP contribution in [-0.4, -0.2) is 18.6 Å². The Balaban J connectivity index is 0. The summed E-state index contributed by atoms with van der Waals surface area (Å²) in [5.41, 5.74) is 0. The third-order valence-corrected chi connectivity index (χ3v) is 1.75. The normalized spacial score (nSPS) is 11.2. The summed E-state index contributed by atoms with van der Waals surface area (Å²) in [5, 5.41) is 2.57. The summed E-state index contributed by atoms with van der Waals surface area (Å²) in [6.45, 7) is 7.06. The van der Waals surface area contributed by atoms with Crippen LogP contribution in [0.2, 0.25) is 0 Å². The second-order valence-corrected chi connectivity index (χ2v) is 3.05. The van der Waals surface area contributed by atoms with Gasteiger partial charge in [0.25, 0.3) is 0 Å². The first-order chi connectivity index (χ1) is 6.70. The van der Waals surface area contributed by atoms with Crippen molar-refractivity contribution in [3.63, 3.8) is 0 Å². The van der Waals surface area contributed by atoms with Gasteiger partial charge in [-0.2, -0.15) is 0 Å². The van der Waals surface area contributed by atoms with E-state index in [0.29, 0.717) is 0 Å². The molecule has 1 amide bonds. The molecule has 1 unspecified atom stereocenters. The van der Waals surface area contributed by atoms with Gasteiger partial charge < -0.3 is 5.32 Å². The molecule has 14 heavy (non-hydrogen) atoms. The molecule has 86 valence electrons. The van der Waals surface area contributed by atoms with Gasteiger partial charge in [-0.05, 0) is 6.42 Å². The summed E-state index contributed by atoms with van der Waals surface area (Å²) < 4.78 is 12.2. The van der Waals surface area contributed by atoms with E-state index in [-0.39, 0.29) is 11.9 Å². The van der Waals surface area contributed by atoms with Crippen molar-refractivity contribution in [3.05, 3.63) is 0 Å². The Morgan fingerprint density at radius 3 is 2.29 bits per heavy atom. The number of amides is 1. The molecular weight excluding hydrogens is 181 g/mol. The largest absolute Gasteiger partial charge is 0.351 e. The first-order valence-corrected chi connectivity index (χ1v) is 5.53.